The molecule has 2 rings (SSSR count). The van der Waals surface area contributed by atoms with Crippen molar-refractivity contribution in [2.45, 2.75) is 52.5 Å². The predicted octanol–water partition coefficient (Wildman–Crippen LogP) is 2.16. The molecule has 1 aliphatic rings. The largest absolute Gasteiger partial charge is 0.454 e. The summed E-state index contributed by atoms with van der Waals surface area (Å²) in [5, 5.41) is 9.42. The van der Waals surface area contributed by atoms with E-state index in [-0.39, 0.29) is 30.2 Å². The number of hydrogen-bond donors (Lipinski definition) is 3. The molecule has 3 N–H and O–H groups in total. The first-order valence-corrected chi connectivity index (χ1v) is 9.34. The van der Waals surface area contributed by atoms with Crippen LogP contribution in [0.3, 0.4) is 0 Å². The van der Waals surface area contributed by atoms with E-state index in [1.807, 2.05) is 39.8 Å². The van der Waals surface area contributed by atoms with Crippen LogP contribution in [0.15, 0.2) is 23.2 Å². The Hall–Kier alpha value is -2.44. The van der Waals surface area contributed by atoms with Gasteiger partial charge >= 0.3 is 0 Å². The second-order valence-electron chi connectivity index (χ2n) is 8.30. The normalized spacial score (nSPS) is 14.1. The highest BCUT2D eigenvalue weighted by Gasteiger charge is 2.24. The van der Waals surface area contributed by atoms with Gasteiger partial charge in [0.15, 0.2) is 17.5 Å². The number of carbonyl (C=O) groups excluding carboxylic acids is 1. The second kappa shape index (κ2) is 8.50. The van der Waals surface area contributed by atoms with E-state index in [9.17, 15) is 4.79 Å². The van der Waals surface area contributed by atoms with Crippen molar-refractivity contribution in [3.63, 3.8) is 0 Å². The molecular weight excluding hydrogens is 344 g/mol. The third-order valence-electron chi connectivity index (χ3n) is 4.09. The van der Waals surface area contributed by atoms with E-state index >= 15 is 0 Å². The molecule has 1 aromatic carbocycles. The quantitative estimate of drug-likeness (QED) is 0.523. The van der Waals surface area contributed by atoms with Gasteiger partial charge in [-0.05, 0) is 45.4 Å². The van der Waals surface area contributed by atoms with Crippen LogP contribution in [0.1, 0.15) is 47.1 Å². The first-order valence-electron chi connectivity index (χ1n) is 9.34. The van der Waals surface area contributed by atoms with E-state index in [0.717, 1.165) is 23.6 Å². The highest BCUT2D eigenvalue weighted by atomic mass is 16.7. The number of hydrogen-bond acceptors (Lipinski definition) is 4. The number of nitrogens with zero attached hydrogens (tertiary/aromatic N) is 1. The van der Waals surface area contributed by atoms with Gasteiger partial charge in [-0.2, -0.15) is 0 Å². The van der Waals surface area contributed by atoms with Gasteiger partial charge in [0.25, 0.3) is 0 Å². The monoisotopic (exact) mass is 376 g/mol. The summed E-state index contributed by atoms with van der Waals surface area (Å²) in [4.78, 5) is 16.4. The van der Waals surface area contributed by atoms with Crippen LogP contribution >= 0.6 is 0 Å². The molecule has 150 valence electrons. The maximum absolute atomic E-state index is 12.0. The molecule has 0 atom stereocenters. The van der Waals surface area contributed by atoms with Crippen LogP contribution in [0.5, 0.6) is 11.5 Å². The first kappa shape index (κ1) is 20.9. The first-order chi connectivity index (χ1) is 12.6. The molecule has 0 unspecified atom stereocenters. The van der Waals surface area contributed by atoms with Crippen molar-refractivity contribution >= 4 is 11.9 Å². The molecule has 0 saturated heterocycles. The van der Waals surface area contributed by atoms with Crippen LogP contribution in [0.4, 0.5) is 0 Å². The van der Waals surface area contributed by atoms with Gasteiger partial charge in [-0.15, -0.1) is 0 Å². The molecule has 0 fully saturated rings. The average Bonchev–Trinajstić information content (AvgIpc) is 3.03. The van der Waals surface area contributed by atoms with E-state index in [0.29, 0.717) is 12.5 Å². The summed E-state index contributed by atoms with van der Waals surface area (Å²) in [5.41, 5.74) is 0.713. The van der Waals surface area contributed by atoms with Crippen molar-refractivity contribution in [3.8, 4) is 11.5 Å². The summed E-state index contributed by atoms with van der Waals surface area (Å²) in [6.07, 6.45) is 0. The minimum Gasteiger partial charge on any atom is -0.454 e. The highest BCUT2D eigenvalue weighted by Crippen LogP contribution is 2.36. The molecule has 1 aliphatic heterocycles. The molecule has 0 aromatic heterocycles. The molecule has 1 aromatic rings. The lowest BCUT2D eigenvalue weighted by atomic mass is 9.84. The topological polar surface area (TPSA) is 84.0 Å². The minimum atomic E-state index is -0.264. The molecule has 1 amide bonds. The molecule has 0 spiro atoms. The third kappa shape index (κ3) is 6.34. The molecular formula is C20H32N4O3. The highest BCUT2D eigenvalue weighted by molar-refractivity contribution is 5.85. The van der Waals surface area contributed by atoms with E-state index in [2.05, 4.69) is 40.9 Å². The Kier molecular flexibility index (Phi) is 6.57. The summed E-state index contributed by atoms with van der Waals surface area (Å²) in [5.74, 6) is 2.08. The van der Waals surface area contributed by atoms with Crippen LogP contribution in [0.2, 0.25) is 0 Å². The van der Waals surface area contributed by atoms with Crippen molar-refractivity contribution in [1.29, 1.82) is 0 Å². The molecule has 0 bridgehead atoms. The maximum Gasteiger partial charge on any atom is 0.242 e. The maximum atomic E-state index is 12.0. The number of aliphatic imine (C=N–C) groups is 1. The number of benzene rings is 1. The summed E-state index contributed by atoms with van der Waals surface area (Å²) < 4.78 is 10.9. The number of guanidine groups is 1. The molecule has 7 heteroatoms. The van der Waals surface area contributed by atoms with Crippen molar-refractivity contribution in [3.05, 3.63) is 23.8 Å². The number of rotatable bonds is 6. The van der Waals surface area contributed by atoms with E-state index < -0.39 is 0 Å². The number of carbonyl (C=O) groups is 1. The Bertz CT molecular complexity index is 693. The molecule has 0 aliphatic carbocycles. The Labute approximate surface area is 161 Å². The number of ether oxygens (including phenoxy) is 2. The van der Waals surface area contributed by atoms with Gasteiger partial charge in [-0.1, -0.05) is 19.9 Å². The van der Waals surface area contributed by atoms with Crippen LogP contribution in [-0.2, 0) is 10.2 Å². The van der Waals surface area contributed by atoms with Gasteiger partial charge in [0.05, 0.1) is 0 Å². The fraction of sp³-hybridized carbons (Fsp3) is 0.600. The number of fused-ring (bicyclic) bond motifs is 1. The summed E-state index contributed by atoms with van der Waals surface area (Å²) in [6, 6.07) is 6.01. The SMILES string of the molecule is CCNC(=NCC(=O)NC(C)(C)C)NCC(C)(C)c1ccc2c(c1)OCO2. The molecule has 1 heterocycles. The van der Waals surface area contributed by atoms with Crippen molar-refractivity contribution in [2.24, 2.45) is 4.99 Å². The number of nitrogens with one attached hydrogen (secondary N) is 3. The van der Waals surface area contributed by atoms with Gasteiger partial charge in [0.1, 0.15) is 6.54 Å². The fourth-order valence-corrected chi connectivity index (χ4v) is 2.67. The van der Waals surface area contributed by atoms with Gasteiger partial charge < -0.3 is 25.4 Å². The summed E-state index contributed by atoms with van der Waals surface area (Å²) >= 11 is 0. The number of amides is 1. The molecule has 0 saturated carbocycles. The smallest absolute Gasteiger partial charge is 0.242 e. The zero-order chi connectivity index (χ0) is 20.1. The van der Waals surface area contributed by atoms with E-state index in [4.69, 9.17) is 9.47 Å². The van der Waals surface area contributed by atoms with E-state index in [1.54, 1.807) is 0 Å². The Morgan fingerprint density at radius 2 is 1.81 bits per heavy atom. The predicted molar refractivity (Wildman–Crippen MR) is 107 cm³/mol. The van der Waals surface area contributed by atoms with Crippen molar-refractivity contribution in [1.82, 2.24) is 16.0 Å². The van der Waals surface area contributed by atoms with Crippen LogP contribution < -0.4 is 25.4 Å². The summed E-state index contributed by atoms with van der Waals surface area (Å²) in [6.45, 7) is 13.9. The zero-order valence-corrected chi connectivity index (χ0v) is 17.2. The van der Waals surface area contributed by atoms with Crippen LogP contribution in [0, 0.1) is 0 Å². The molecule has 27 heavy (non-hydrogen) atoms. The lowest BCUT2D eigenvalue weighted by molar-refractivity contribution is -0.121. The van der Waals surface area contributed by atoms with Gasteiger partial charge in [-0.25, -0.2) is 4.99 Å². The van der Waals surface area contributed by atoms with E-state index in [1.165, 1.54) is 0 Å². The van der Waals surface area contributed by atoms with Crippen molar-refractivity contribution in [2.75, 3.05) is 26.4 Å². The lowest BCUT2D eigenvalue weighted by Crippen LogP contribution is -2.45. The average molecular weight is 377 g/mol. The third-order valence-corrected chi connectivity index (χ3v) is 4.09. The molecule has 7 nitrogen and oxygen atoms in total. The fourth-order valence-electron chi connectivity index (χ4n) is 2.67. The molecule has 0 radical (unpaired) electrons. The standard InChI is InChI=1S/C20H32N4O3/c1-7-21-18(22-11-17(25)24-19(2,3)4)23-12-20(5,6)14-8-9-15-16(10-14)27-13-26-15/h8-10H,7,11-13H2,1-6H3,(H,24,25)(H2,21,22,23). The zero-order valence-electron chi connectivity index (χ0n) is 17.2. The van der Waals surface area contributed by atoms with Gasteiger partial charge in [-0.3, -0.25) is 4.79 Å². The van der Waals surface area contributed by atoms with Crippen LogP contribution in [0.25, 0.3) is 0 Å². The summed E-state index contributed by atoms with van der Waals surface area (Å²) in [7, 11) is 0. The Balaban J connectivity index is 1.99. The minimum absolute atomic E-state index is 0.0804. The van der Waals surface area contributed by atoms with Crippen LogP contribution in [-0.4, -0.2) is 43.8 Å². The second-order valence-corrected chi connectivity index (χ2v) is 8.30. The lowest BCUT2D eigenvalue weighted by Gasteiger charge is -2.27. The Morgan fingerprint density at radius 1 is 1.11 bits per heavy atom. The van der Waals surface area contributed by atoms with Gasteiger partial charge in [0, 0.05) is 24.0 Å². The Morgan fingerprint density at radius 3 is 2.48 bits per heavy atom. The van der Waals surface area contributed by atoms with Crippen molar-refractivity contribution < 1.29 is 14.3 Å². The van der Waals surface area contributed by atoms with Gasteiger partial charge in [0.2, 0.25) is 12.7 Å².